The number of rotatable bonds is 2. The molecule has 0 amide bonds. The molecule has 0 spiro atoms. The SMILES string of the molecule is C=CC=C.C=Cc1ccccc1.[Co]. The van der Waals surface area contributed by atoms with Gasteiger partial charge in [0.1, 0.15) is 0 Å². The van der Waals surface area contributed by atoms with E-state index >= 15 is 0 Å². The number of benzene rings is 1. The van der Waals surface area contributed by atoms with Gasteiger partial charge in [-0.1, -0.05) is 68.3 Å². The van der Waals surface area contributed by atoms with Crippen LogP contribution in [0.2, 0.25) is 0 Å². The molecule has 0 fully saturated rings. The van der Waals surface area contributed by atoms with Crippen molar-refractivity contribution in [2.45, 2.75) is 0 Å². The summed E-state index contributed by atoms with van der Waals surface area (Å²) in [5, 5.41) is 0. The fourth-order valence-corrected chi connectivity index (χ4v) is 0.589. The minimum Gasteiger partial charge on any atom is -0.0991 e. The minimum absolute atomic E-state index is 0. The molecular formula is C12H14Co. The molecule has 1 aromatic rings. The van der Waals surface area contributed by atoms with Crippen LogP contribution in [0.5, 0.6) is 0 Å². The fraction of sp³-hybridized carbons (Fsp3) is 0. The van der Waals surface area contributed by atoms with Gasteiger partial charge in [-0.3, -0.25) is 0 Å². The summed E-state index contributed by atoms with van der Waals surface area (Å²) in [6, 6.07) is 10.0. The van der Waals surface area contributed by atoms with Gasteiger partial charge < -0.3 is 0 Å². The first kappa shape index (κ1) is 14.5. The van der Waals surface area contributed by atoms with Crippen molar-refractivity contribution in [3.63, 3.8) is 0 Å². The Morgan fingerprint density at radius 2 is 1.31 bits per heavy atom. The summed E-state index contributed by atoms with van der Waals surface area (Å²) >= 11 is 0. The average Bonchev–Trinajstić information content (AvgIpc) is 2.19. The van der Waals surface area contributed by atoms with Crippen molar-refractivity contribution in [1.29, 1.82) is 0 Å². The largest absolute Gasteiger partial charge is 0.0991 e. The van der Waals surface area contributed by atoms with Gasteiger partial charge in [0.2, 0.25) is 0 Å². The first-order chi connectivity index (χ1) is 5.85. The molecule has 0 aliphatic rings. The molecule has 13 heavy (non-hydrogen) atoms. The molecule has 0 bridgehead atoms. The second-order valence-electron chi connectivity index (χ2n) is 2.09. The van der Waals surface area contributed by atoms with E-state index in [1.807, 2.05) is 36.4 Å². The predicted molar refractivity (Wildman–Crippen MR) is 56.9 cm³/mol. The van der Waals surface area contributed by atoms with Crippen LogP contribution < -0.4 is 0 Å². The topological polar surface area (TPSA) is 0 Å². The van der Waals surface area contributed by atoms with E-state index in [0.29, 0.717) is 0 Å². The fourth-order valence-electron chi connectivity index (χ4n) is 0.589. The summed E-state index contributed by atoms with van der Waals surface area (Å²) in [6.45, 7) is 10.4. The monoisotopic (exact) mass is 217 g/mol. The Labute approximate surface area is 90.9 Å². The summed E-state index contributed by atoms with van der Waals surface area (Å²) in [7, 11) is 0. The zero-order chi connectivity index (χ0) is 9.23. The molecule has 0 saturated carbocycles. The Hall–Kier alpha value is -1.05. The second-order valence-corrected chi connectivity index (χ2v) is 2.09. The molecular weight excluding hydrogens is 203 g/mol. The summed E-state index contributed by atoms with van der Waals surface area (Å²) in [6.07, 6.45) is 5.11. The number of hydrogen-bond donors (Lipinski definition) is 0. The summed E-state index contributed by atoms with van der Waals surface area (Å²) in [5.74, 6) is 0. The molecule has 0 aliphatic carbocycles. The Morgan fingerprint density at radius 1 is 0.846 bits per heavy atom. The summed E-state index contributed by atoms with van der Waals surface area (Å²) < 4.78 is 0. The Morgan fingerprint density at radius 3 is 1.54 bits per heavy atom. The molecule has 1 radical (unpaired) electrons. The van der Waals surface area contributed by atoms with Crippen molar-refractivity contribution in [3.8, 4) is 0 Å². The maximum absolute atomic E-state index is 3.63. The third kappa shape index (κ3) is 8.86. The van der Waals surface area contributed by atoms with Crippen LogP contribution in [0.25, 0.3) is 6.08 Å². The van der Waals surface area contributed by atoms with Crippen LogP contribution in [0.15, 0.2) is 62.2 Å². The quantitative estimate of drug-likeness (QED) is 0.663. The first-order valence-electron chi connectivity index (χ1n) is 3.76. The van der Waals surface area contributed by atoms with Gasteiger partial charge in [0.25, 0.3) is 0 Å². The Kier molecular flexibility index (Phi) is 12.2. The molecule has 0 unspecified atom stereocenters. The van der Waals surface area contributed by atoms with Crippen LogP contribution in [-0.4, -0.2) is 0 Å². The van der Waals surface area contributed by atoms with Gasteiger partial charge >= 0.3 is 0 Å². The smallest absolute Gasteiger partial charge is 0 e. The van der Waals surface area contributed by atoms with E-state index in [9.17, 15) is 0 Å². The standard InChI is InChI=1S/C8H8.C4H6.Co/c1-2-8-6-4-3-5-7-8;1-3-4-2;/h2-7H,1H2;3-4H,1-2H2;. The van der Waals surface area contributed by atoms with E-state index in [-0.39, 0.29) is 16.8 Å². The second kappa shape index (κ2) is 10.9. The third-order valence-electron chi connectivity index (χ3n) is 1.20. The summed E-state index contributed by atoms with van der Waals surface area (Å²) in [5.41, 5.74) is 1.17. The van der Waals surface area contributed by atoms with Gasteiger partial charge in [-0.2, -0.15) is 0 Å². The molecule has 0 heterocycles. The van der Waals surface area contributed by atoms with Crippen LogP contribution in [0.3, 0.4) is 0 Å². The van der Waals surface area contributed by atoms with Crippen LogP contribution in [0.1, 0.15) is 5.56 Å². The molecule has 0 atom stereocenters. The van der Waals surface area contributed by atoms with E-state index in [0.717, 1.165) is 0 Å². The molecule has 0 N–H and O–H groups in total. The van der Waals surface area contributed by atoms with Crippen molar-refractivity contribution >= 4 is 6.08 Å². The molecule has 71 valence electrons. The van der Waals surface area contributed by atoms with Crippen LogP contribution in [0, 0.1) is 0 Å². The maximum Gasteiger partial charge on any atom is 0 e. The van der Waals surface area contributed by atoms with Crippen molar-refractivity contribution in [1.82, 2.24) is 0 Å². The first-order valence-corrected chi connectivity index (χ1v) is 3.76. The van der Waals surface area contributed by atoms with Gasteiger partial charge in [0.15, 0.2) is 0 Å². The van der Waals surface area contributed by atoms with E-state index in [4.69, 9.17) is 0 Å². The zero-order valence-corrected chi connectivity index (χ0v) is 8.61. The van der Waals surface area contributed by atoms with Crippen molar-refractivity contribution in [2.24, 2.45) is 0 Å². The Balaban J connectivity index is 0. The zero-order valence-electron chi connectivity index (χ0n) is 7.57. The van der Waals surface area contributed by atoms with Crippen LogP contribution in [0.4, 0.5) is 0 Å². The van der Waals surface area contributed by atoms with E-state index < -0.39 is 0 Å². The average molecular weight is 217 g/mol. The minimum atomic E-state index is 0. The predicted octanol–water partition coefficient (Wildman–Crippen LogP) is 3.69. The molecule has 1 rings (SSSR count). The van der Waals surface area contributed by atoms with E-state index in [1.165, 1.54) is 5.56 Å². The van der Waals surface area contributed by atoms with Crippen molar-refractivity contribution in [2.75, 3.05) is 0 Å². The van der Waals surface area contributed by atoms with Crippen LogP contribution >= 0.6 is 0 Å². The van der Waals surface area contributed by atoms with Crippen molar-refractivity contribution in [3.05, 3.63) is 67.8 Å². The van der Waals surface area contributed by atoms with E-state index in [2.05, 4.69) is 19.7 Å². The molecule has 0 nitrogen and oxygen atoms in total. The van der Waals surface area contributed by atoms with Gasteiger partial charge in [0.05, 0.1) is 0 Å². The molecule has 1 aromatic carbocycles. The molecule has 0 aromatic heterocycles. The normalized spacial score (nSPS) is 6.77. The maximum atomic E-state index is 3.63. The van der Waals surface area contributed by atoms with Gasteiger partial charge in [-0.05, 0) is 5.56 Å². The van der Waals surface area contributed by atoms with Gasteiger partial charge in [-0.15, -0.1) is 0 Å². The van der Waals surface area contributed by atoms with Crippen LogP contribution in [-0.2, 0) is 16.8 Å². The van der Waals surface area contributed by atoms with Crippen molar-refractivity contribution < 1.29 is 16.8 Å². The number of allylic oxidation sites excluding steroid dienone is 2. The molecule has 1 heteroatoms. The third-order valence-corrected chi connectivity index (χ3v) is 1.20. The van der Waals surface area contributed by atoms with E-state index in [1.54, 1.807) is 12.2 Å². The molecule has 0 aliphatic heterocycles. The number of hydrogen-bond acceptors (Lipinski definition) is 0. The molecule has 0 saturated heterocycles. The van der Waals surface area contributed by atoms with Gasteiger partial charge in [0, 0.05) is 16.8 Å². The Bertz CT molecular complexity index is 231. The van der Waals surface area contributed by atoms with Gasteiger partial charge in [-0.25, -0.2) is 0 Å². The summed E-state index contributed by atoms with van der Waals surface area (Å²) in [4.78, 5) is 0.